The van der Waals surface area contributed by atoms with Crippen molar-refractivity contribution in [2.75, 3.05) is 23.8 Å². The van der Waals surface area contributed by atoms with Crippen molar-refractivity contribution in [1.29, 1.82) is 0 Å². The van der Waals surface area contributed by atoms with E-state index < -0.39 is 45.0 Å². The van der Waals surface area contributed by atoms with Gasteiger partial charge >= 0.3 is 17.8 Å². The number of aromatic nitrogens is 4. The van der Waals surface area contributed by atoms with Crippen molar-refractivity contribution in [2.24, 2.45) is 10.2 Å². The first kappa shape index (κ1) is 36.2. The molecule has 0 amide bonds. The Balaban J connectivity index is 1.51. The summed E-state index contributed by atoms with van der Waals surface area (Å²) in [7, 11) is -14.6. The van der Waals surface area contributed by atoms with Crippen LogP contribution in [-0.4, -0.2) is 72.1 Å². The van der Waals surface area contributed by atoms with Gasteiger partial charge in [-0.15, -0.1) is 10.1 Å². The minimum atomic E-state index is -4.94. The van der Waals surface area contributed by atoms with Crippen molar-refractivity contribution in [1.82, 2.24) is 15.0 Å². The van der Waals surface area contributed by atoms with Crippen molar-refractivity contribution in [3.05, 3.63) is 90.8 Å². The molecule has 52 heavy (non-hydrogen) atoms. The molecule has 6 rings (SSSR count). The number of rotatable bonds is 11. The largest absolute Gasteiger partial charge is 0.444 e. The number of anilines is 3. The van der Waals surface area contributed by atoms with E-state index in [0.29, 0.717) is 0 Å². The van der Waals surface area contributed by atoms with Gasteiger partial charge in [0.15, 0.2) is 0 Å². The van der Waals surface area contributed by atoms with Gasteiger partial charge in [0.05, 0.1) is 36.1 Å². The summed E-state index contributed by atoms with van der Waals surface area (Å²) >= 11 is 0. The molecule has 0 radical (unpaired) electrons. The maximum Gasteiger partial charge on any atom is 0.444 e. The summed E-state index contributed by atoms with van der Waals surface area (Å²) in [5.74, 6) is 0.198. The first-order valence-electron chi connectivity index (χ1n) is 14.9. The molecule has 0 aliphatic carbocycles. The average Bonchev–Trinajstić information content (AvgIpc) is 3.08. The maximum atomic E-state index is 12.6. The topological polar surface area (TPSA) is 275 Å². The summed E-state index contributed by atoms with van der Waals surface area (Å²) in [6, 6.07) is 15.9. The van der Waals surface area contributed by atoms with Gasteiger partial charge < -0.3 is 15.7 Å². The van der Waals surface area contributed by atoms with Crippen LogP contribution >= 0.6 is 0 Å². The fourth-order valence-electron chi connectivity index (χ4n) is 5.30. The fraction of sp³-hybridized carbons (Fsp3) is 0.0968. The lowest BCUT2D eigenvalue weighted by molar-refractivity contribution is -0.603. The highest BCUT2D eigenvalue weighted by atomic mass is 32.2. The van der Waals surface area contributed by atoms with Crippen molar-refractivity contribution >= 4 is 80.9 Å². The molecule has 2 heterocycles. The smallest absolute Gasteiger partial charge is 0.395 e. The van der Waals surface area contributed by atoms with Gasteiger partial charge in [-0.3, -0.25) is 13.7 Å². The van der Waals surface area contributed by atoms with Gasteiger partial charge in [0.25, 0.3) is 30.4 Å². The second kappa shape index (κ2) is 13.9. The lowest BCUT2D eigenvalue weighted by atomic mass is 10.1. The van der Waals surface area contributed by atoms with Crippen LogP contribution in [0.3, 0.4) is 0 Å². The molecule has 21 heteroatoms. The van der Waals surface area contributed by atoms with Crippen LogP contribution in [0.4, 0.5) is 29.0 Å². The Bertz CT molecular complexity index is 2760. The third-order valence-corrected chi connectivity index (χ3v) is 10.1. The van der Waals surface area contributed by atoms with Crippen LogP contribution in [0.5, 0.6) is 0 Å². The quantitative estimate of drug-likeness (QED) is 0.0616. The fourth-order valence-corrected chi connectivity index (χ4v) is 7.45. The molecule has 18 nitrogen and oxygen atoms in total. The average molecular weight is 768 g/mol. The molecular weight excluding hydrogens is 741 g/mol. The Labute approximate surface area is 295 Å². The molecule has 0 atom stereocenters. The Morgan fingerprint density at radius 3 is 2.06 bits per heavy atom. The molecule has 4 aromatic carbocycles. The molecule has 0 unspecified atom stereocenters. The predicted octanol–water partition coefficient (Wildman–Crippen LogP) is 4.07. The zero-order valence-electron chi connectivity index (χ0n) is 26.6. The number of hydrogen-bond acceptors (Lipinski definition) is 14. The van der Waals surface area contributed by atoms with Crippen LogP contribution < -0.4 is 15.2 Å². The van der Waals surface area contributed by atoms with E-state index >= 15 is 0 Å². The highest BCUT2D eigenvalue weighted by Crippen LogP contribution is 2.39. The molecule has 6 N–H and O–H groups in total. The van der Waals surface area contributed by atoms with Crippen molar-refractivity contribution in [3.63, 3.8) is 0 Å². The number of hydrogen-bond donors (Lipinski definition) is 6. The van der Waals surface area contributed by atoms with E-state index in [0.717, 1.165) is 29.8 Å². The molecule has 0 spiro atoms. The van der Waals surface area contributed by atoms with Crippen LogP contribution in [0.1, 0.15) is 5.56 Å². The molecule has 0 bridgehead atoms. The first-order chi connectivity index (χ1) is 24.5. The van der Waals surface area contributed by atoms with Crippen LogP contribution in [-0.2, 0) is 30.4 Å². The molecule has 0 saturated carbocycles. The molecule has 0 aliphatic rings. The van der Waals surface area contributed by atoms with Crippen LogP contribution in [0.2, 0.25) is 0 Å². The lowest BCUT2D eigenvalue weighted by Gasteiger charge is -2.12. The van der Waals surface area contributed by atoms with Crippen molar-refractivity contribution in [3.8, 4) is 5.95 Å². The highest BCUT2D eigenvalue weighted by molar-refractivity contribution is 7.86. The van der Waals surface area contributed by atoms with E-state index in [-0.39, 0.29) is 69.6 Å². The SMILES string of the molecule is Cc1ccc[n+](-c2nc(NCCO)nc(Nc3ccc(N=Nc4cc(S(=O)(=O)O)c5cccc(S(=O)(=O)O)c5c4)c4cccc(S(=O)(=O)O)c34)n2)c1. The molecule has 0 saturated heterocycles. The zero-order chi connectivity index (χ0) is 37.4. The summed E-state index contributed by atoms with van der Waals surface area (Å²) in [5, 5.41) is 22.9. The minimum absolute atomic E-state index is 0.0135. The van der Waals surface area contributed by atoms with E-state index in [2.05, 4.69) is 35.8 Å². The van der Waals surface area contributed by atoms with Gasteiger partial charge in [-0.1, -0.05) is 30.3 Å². The maximum absolute atomic E-state index is 12.6. The highest BCUT2D eigenvalue weighted by Gasteiger charge is 2.24. The van der Waals surface area contributed by atoms with E-state index in [4.69, 9.17) is 0 Å². The Morgan fingerprint density at radius 1 is 0.712 bits per heavy atom. The van der Waals surface area contributed by atoms with Gasteiger partial charge in [-0.25, -0.2) is 4.57 Å². The van der Waals surface area contributed by atoms with E-state index in [1.165, 1.54) is 36.4 Å². The summed E-state index contributed by atoms with van der Waals surface area (Å²) < 4.78 is 105. The van der Waals surface area contributed by atoms with E-state index in [1.54, 1.807) is 23.0 Å². The van der Waals surface area contributed by atoms with Gasteiger partial charge in [-0.05, 0) is 64.9 Å². The van der Waals surface area contributed by atoms with Gasteiger partial charge in [0, 0.05) is 28.1 Å². The second-order valence-corrected chi connectivity index (χ2v) is 15.2. The van der Waals surface area contributed by atoms with Crippen LogP contribution in [0, 0.1) is 6.92 Å². The standard InChI is InChI=1S/C31H26N8O10S3/c1-18-5-4-13-39(17-18)31-35-29(32-12-14-40)34-30(36-31)33-24-11-10-23(21-7-3-9-26(28(21)24)51(44,45)46)38-37-19-15-22-20(27(16-19)52(47,48)49)6-2-8-25(22)50(41,42)43/h2-11,13,15-17,40H,12,14H2,1H3,(H4-,32,33,34,35,36,41,42,43,44,45,46,47,48,49)/p+1. The molecule has 6 aromatic rings. The first-order valence-corrected chi connectivity index (χ1v) is 19.2. The molecular formula is C31H27N8O10S3+. The van der Waals surface area contributed by atoms with Gasteiger partial charge in [0.2, 0.25) is 0 Å². The second-order valence-electron chi connectivity index (χ2n) is 11.1. The number of fused-ring (bicyclic) bond motifs is 2. The number of nitrogens with zero attached hydrogens (tertiary/aromatic N) is 6. The Kier molecular flexibility index (Phi) is 9.67. The molecule has 268 valence electrons. The third-order valence-electron chi connectivity index (χ3n) is 7.43. The van der Waals surface area contributed by atoms with Gasteiger partial charge in [-0.2, -0.15) is 30.4 Å². The monoisotopic (exact) mass is 767 g/mol. The summed E-state index contributed by atoms with van der Waals surface area (Å²) in [5.41, 5.74) is 0.748. The summed E-state index contributed by atoms with van der Waals surface area (Å²) in [4.78, 5) is 11.3. The number of aliphatic hydroxyl groups excluding tert-OH is 1. The summed E-state index contributed by atoms with van der Waals surface area (Å²) in [6.07, 6.45) is 3.46. The summed E-state index contributed by atoms with van der Waals surface area (Å²) in [6.45, 7) is 1.75. The lowest BCUT2D eigenvalue weighted by Crippen LogP contribution is -2.33. The Hall–Kier alpha value is -5.55. The van der Waals surface area contributed by atoms with E-state index in [9.17, 15) is 44.0 Å². The minimum Gasteiger partial charge on any atom is -0.395 e. The number of aliphatic hydroxyl groups is 1. The third kappa shape index (κ3) is 7.69. The zero-order valence-corrected chi connectivity index (χ0v) is 29.1. The number of nitrogens with one attached hydrogen (secondary N) is 2. The Morgan fingerprint density at radius 2 is 1.38 bits per heavy atom. The van der Waals surface area contributed by atoms with Gasteiger partial charge in [0.1, 0.15) is 14.7 Å². The number of azo groups is 1. The van der Waals surface area contributed by atoms with Crippen LogP contribution in [0.25, 0.3) is 27.5 Å². The predicted molar refractivity (Wildman–Crippen MR) is 186 cm³/mol. The number of benzene rings is 4. The number of pyridine rings is 1. The normalized spacial score (nSPS) is 12.5. The molecule has 0 fully saturated rings. The molecule has 0 aliphatic heterocycles. The molecule has 2 aromatic heterocycles. The van der Waals surface area contributed by atoms with Crippen molar-refractivity contribution in [2.45, 2.75) is 21.6 Å². The number of aryl methyl sites for hydroxylation is 1. The van der Waals surface area contributed by atoms with Crippen molar-refractivity contribution < 1.29 is 48.6 Å². The van der Waals surface area contributed by atoms with Crippen LogP contribution in [0.15, 0.2) is 110 Å². The van der Waals surface area contributed by atoms with E-state index in [1.807, 2.05) is 13.0 Å².